The fraction of sp³-hybridized carbons (Fsp3) is 0.533. The third-order valence-electron chi connectivity index (χ3n) is 3.61. The summed E-state index contributed by atoms with van der Waals surface area (Å²) in [6.07, 6.45) is 0. The molecule has 0 saturated carbocycles. The molecule has 0 aliphatic heterocycles. The van der Waals surface area contributed by atoms with Crippen molar-refractivity contribution in [1.82, 2.24) is 14.5 Å². The second kappa shape index (κ2) is 6.98. The molecule has 0 aliphatic carbocycles. The summed E-state index contributed by atoms with van der Waals surface area (Å²) in [6, 6.07) is 4.84. The van der Waals surface area contributed by atoms with Crippen molar-refractivity contribution in [1.29, 1.82) is 0 Å². The van der Waals surface area contributed by atoms with Gasteiger partial charge in [-0.2, -0.15) is 0 Å². The zero-order valence-electron chi connectivity index (χ0n) is 12.8. The number of halogens is 1. The predicted molar refractivity (Wildman–Crippen MR) is 81.7 cm³/mol. The molecular formula is C15H23FN4O. The Morgan fingerprint density at radius 1 is 1.38 bits per heavy atom. The van der Waals surface area contributed by atoms with Crippen molar-refractivity contribution < 1.29 is 9.13 Å². The average molecular weight is 294 g/mol. The van der Waals surface area contributed by atoms with Crippen molar-refractivity contribution >= 4 is 11.0 Å². The van der Waals surface area contributed by atoms with E-state index in [1.807, 2.05) is 14.1 Å². The second-order valence-electron chi connectivity index (χ2n) is 5.30. The molecule has 0 radical (unpaired) electrons. The number of ether oxygens (including phenoxy) is 1. The first-order valence-corrected chi connectivity index (χ1v) is 7.14. The second-order valence-corrected chi connectivity index (χ2v) is 5.30. The maximum absolute atomic E-state index is 13.4. The lowest BCUT2D eigenvalue weighted by molar-refractivity contribution is 0.132. The van der Waals surface area contributed by atoms with Crippen molar-refractivity contribution in [2.24, 2.45) is 5.73 Å². The molecule has 0 saturated heterocycles. The smallest absolute Gasteiger partial charge is 0.127 e. The van der Waals surface area contributed by atoms with Crippen molar-refractivity contribution in [3.05, 3.63) is 29.8 Å². The lowest BCUT2D eigenvalue weighted by Crippen LogP contribution is -2.22. The molecule has 2 N–H and O–H groups in total. The van der Waals surface area contributed by atoms with Gasteiger partial charge in [-0.05, 0) is 33.2 Å². The lowest BCUT2D eigenvalue weighted by atomic mass is 10.3. The quantitative estimate of drug-likeness (QED) is 0.791. The van der Waals surface area contributed by atoms with Gasteiger partial charge in [0.1, 0.15) is 11.6 Å². The number of nitrogens with two attached hydrogens (primary N) is 1. The Balaban J connectivity index is 2.35. The van der Waals surface area contributed by atoms with Gasteiger partial charge in [-0.15, -0.1) is 0 Å². The monoisotopic (exact) mass is 294 g/mol. The lowest BCUT2D eigenvalue weighted by Gasteiger charge is -2.20. The Morgan fingerprint density at radius 2 is 2.14 bits per heavy atom. The first-order valence-electron chi connectivity index (χ1n) is 7.14. The van der Waals surface area contributed by atoms with E-state index < -0.39 is 0 Å². The Hall–Kier alpha value is -1.50. The van der Waals surface area contributed by atoms with Crippen LogP contribution >= 0.6 is 0 Å². The van der Waals surface area contributed by atoms with Gasteiger partial charge in [-0.25, -0.2) is 9.37 Å². The van der Waals surface area contributed by atoms with Gasteiger partial charge in [0.15, 0.2) is 0 Å². The zero-order valence-corrected chi connectivity index (χ0v) is 12.8. The van der Waals surface area contributed by atoms with Crippen LogP contribution in [0.15, 0.2) is 18.2 Å². The third kappa shape index (κ3) is 3.58. The number of aromatic nitrogens is 2. The summed E-state index contributed by atoms with van der Waals surface area (Å²) in [7, 11) is 4.00. The molecule has 1 aromatic heterocycles. The summed E-state index contributed by atoms with van der Waals surface area (Å²) in [5.41, 5.74) is 7.03. The van der Waals surface area contributed by atoms with Gasteiger partial charge in [0.05, 0.1) is 30.3 Å². The van der Waals surface area contributed by atoms with E-state index in [4.69, 9.17) is 10.5 Å². The molecule has 1 atom stereocenters. The molecule has 0 fully saturated rings. The number of fused-ring (bicyclic) bond motifs is 1. The van der Waals surface area contributed by atoms with Crippen molar-refractivity contribution in [2.75, 3.05) is 33.9 Å². The summed E-state index contributed by atoms with van der Waals surface area (Å²) in [5.74, 6) is 0.646. The van der Waals surface area contributed by atoms with Gasteiger partial charge in [-0.1, -0.05) is 0 Å². The molecule has 0 bridgehead atoms. The summed E-state index contributed by atoms with van der Waals surface area (Å²) in [4.78, 5) is 6.67. The van der Waals surface area contributed by atoms with Crippen LogP contribution in [0.25, 0.3) is 11.0 Å². The van der Waals surface area contributed by atoms with Crippen LogP contribution in [0, 0.1) is 5.82 Å². The van der Waals surface area contributed by atoms with Crippen LogP contribution in [0.3, 0.4) is 0 Å². The number of hydrogen-bond acceptors (Lipinski definition) is 4. The SMILES string of the molecule is CC(c1nc2cc(F)ccc2n1CCOCCN)N(C)C. The topological polar surface area (TPSA) is 56.3 Å². The molecule has 116 valence electrons. The Morgan fingerprint density at radius 3 is 2.81 bits per heavy atom. The van der Waals surface area contributed by atoms with Gasteiger partial charge in [0.2, 0.25) is 0 Å². The molecule has 1 heterocycles. The molecule has 5 nitrogen and oxygen atoms in total. The minimum atomic E-state index is -0.268. The number of imidazole rings is 1. The highest BCUT2D eigenvalue weighted by Crippen LogP contribution is 2.24. The van der Waals surface area contributed by atoms with Crippen LogP contribution in [0.2, 0.25) is 0 Å². The fourth-order valence-electron chi connectivity index (χ4n) is 2.25. The van der Waals surface area contributed by atoms with E-state index in [1.165, 1.54) is 12.1 Å². The Labute approximate surface area is 124 Å². The first kappa shape index (κ1) is 15.9. The van der Waals surface area contributed by atoms with Crippen LogP contribution in [-0.4, -0.2) is 48.3 Å². The number of hydrogen-bond donors (Lipinski definition) is 1. The van der Waals surface area contributed by atoms with Crippen LogP contribution < -0.4 is 5.73 Å². The van der Waals surface area contributed by atoms with E-state index >= 15 is 0 Å². The van der Waals surface area contributed by atoms with E-state index in [0.717, 1.165) is 11.3 Å². The fourth-order valence-corrected chi connectivity index (χ4v) is 2.25. The zero-order chi connectivity index (χ0) is 15.4. The van der Waals surface area contributed by atoms with Gasteiger partial charge in [-0.3, -0.25) is 4.90 Å². The summed E-state index contributed by atoms with van der Waals surface area (Å²) in [5, 5.41) is 0. The van der Waals surface area contributed by atoms with Crippen molar-refractivity contribution in [3.63, 3.8) is 0 Å². The molecule has 0 spiro atoms. The average Bonchev–Trinajstić information content (AvgIpc) is 2.80. The third-order valence-corrected chi connectivity index (χ3v) is 3.61. The van der Waals surface area contributed by atoms with Gasteiger partial charge in [0, 0.05) is 19.2 Å². The number of benzene rings is 1. The van der Waals surface area contributed by atoms with Gasteiger partial charge in [0.25, 0.3) is 0 Å². The van der Waals surface area contributed by atoms with E-state index in [2.05, 4.69) is 21.4 Å². The minimum Gasteiger partial charge on any atom is -0.378 e. The molecule has 1 aromatic carbocycles. The predicted octanol–water partition coefficient (Wildman–Crippen LogP) is 1.77. The Kier molecular flexibility index (Phi) is 5.27. The number of rotatable bonds is 7. The van der Waals surface area contributed by atoms with Crippen LogP contribution in [0.4, 0.5) is 4.39 Å². The maximum Gasteiger partial charge on any atom is 0.127 e. The molecular weight excluding hydrogens is 271 g/mol. The standard InChI is InChI=1S/C15H23FN4O/c1-11(19(2)3)15-18-13-10-12(16)4-5-14(13)20(15)7-9-21-8-6-17/h4-5,10-11H,6-9,17H2,1-3H3. The summed E-state index contributed by atoms with van der Waals surface area (Å²) in [6.45, 7) is 4.37. The molecule has 0 amide bonds. The highest BCUT2D eigenvalue weighted by Gasteiger charge is 2.18. The highest BCUT2D eigenvalue weighted by atomic mass is 19.1. The van der Waals surface area contributed by atoms with Crippen molar-refractivity contribution in [3.8, 4) is 0 Å². The largest absolute Gasteiger partial charge is 0.378 e. The van der Waals surface area contributed by atoms with E-state index in [1.54, 1.807) is 6.07 Å². The summed E-state index contributed by atoms with van der Waals surface area (Å²) >= 11 is 0. The normalized spacial score (nSPS) is 13.2. The van der Waals surface area contributed by atoms with E-state index in [9.17, 15) is 4.39 Å². The molecule has 21 heavy (non-hydrogen) atoms. The first-order chi connectivity index (χ1) is 10.0. The molecule has 1 unspecified atom stereocenters. The maximum atomic E-state index is 13.4. The minimum absolute atomic E-state index is 0.134. The van der Waals surface area contributed by atoms with Crippen LogP contribution in [-0.2, 0) is 11.3 Å². The summed E-state index contributed by atoms with van der Waals surface area (Å²) < 4.78 is 20.9. The molecule has 2 aromatic rings. The van der Waals surface area contributed by atoms with Crippen molar-refractivity contribution in [2.45, 2.75) is 19.5 Å². The van der Waals surface area contributed by atoms with Gasteiger partial charge < -0.3 is 15.0 Å². The highest BCUT2D eigenvalue weighted by molar-refractivity contribution is 5.76. The molecule has 6 heteroatoms. The Bertz CT molecular complexity index is 597. The van der Waals surface area contributed by atoms with Crippen LogP contribution in [0.1, 0.15) is 18.8 Å². The number of nitrogens with zero attached hydrogens (tertiary/aromatic N) is 3. The van der Waals surface area contributed by atoms with Gasteiger partial charge >= 0.3 is 0 Å². The van der Waals surface area contributed by atoms with E-state index in [0.29, 0.717) is 31.8 Å². The van der Waals surface area contributed by atoms with Crippen LogP contribution in [0.5, 0.6) is 0 Å². The molecule has 2 rings (SSSR count). The van der Waals surface area contributed by atoms with E-state index in [-0.39, 0.29) is 11.9 Å². The molecule has 0 aliphatic rings.